The SMILES string of the molecule is C/C=C(/C(=C/SC)C1C=CC=C1)C1C=CC=C1. The maximum absolute atomic E-state index is 2.28. The lowest BCUT2D eigenvalue weighted by Crippen LogP contribution is -2.05. The second kappa shape index (κ2) is 5.92. The third kappa shape index (κ3) is 2.73. The van der Waals surface area contributed by atoms with Gasteiger partial charge in [-0.25, -0.2) is 0 Å². The predicted molar refractivity (Wildman–Crippen MR) is 78.9 cm³/mol. The van der Waals surface area contributed by atoms with Gasteiger partial charge < -0.3 is 0 Å². The zero-order valence-electron chi connectivity index (χ0n) is 10.3. The van der Waals surface area contributed by atoms with Gasteiger partial charge in [0.15, 0.2) is 0 Å². The van der Waals surface area contributed by atoms with Crippen molar-refractivity contribution in [1.82, 2.24) is 0 Å². The van der Waals surface area contributed by atoms with Crippen molar-refractivity contribution in [2.45, 2.75) is 6.92 Å². The molecule has 17 heavy (non-hydrogen) atoms. The fourth-order valence-electron chi connectivity index (χ4n) is 2.30. The van der Waals surface area contributed by atoms with Crippen LogP contribution in [0.25, 0.3) is 0 Å². The topological polar surface area (TPSA) is 0 Å². The zero-order chi connectivity index (χ0) is 12.1. The first-order chi connectivity index (χ1) is 8.36. The normalized spacial score (nSPS) is 21.1. The first-order valence-electron chi connectivity index (χ1n) is 5.96. The highest BCUT2D eigenvalue weighted by atomic mass is 32.2. The molecular formula is C16H18S. The Labute approximate surface area is 108 Å². The number of allylic oxidation sites excluding steroid dienone is 11. The maximum atomic E-state index is 2.28. The highest BCUT2D eigenvalue weighted by molar-refractivity contribution is 8.01. The van der Waals surface area contributed by atoms with Crippen molar-refractivity contribution in [3.63, 3.8) is 0 Å². The van der Waals surface area contributed by atoms with Crippen molar-refractivity contribution in [2.24, 2.45) is 11.8 Å². The maximum Gasteiger partial charge on any atom is 0.0212 e. The third-order valence-electron chi connectivity index (χ3n) is 3.10. The Morgan fingerprint density at radius 2 is 1.35 bits per heavy atom. The Morgan fingerprint density at radius 1 is 0.882 bits per heavy atom. The third-order valence-corrected chi connectivity index (χ3v) is 3.59. The lowest BCUT2D eigenvalue weighted by Gasteiger charge is -2.19. The van der Waals surface area contributed by atoms with E-state index in [-0.39, 0.29) is 0 Å². The Balaban J connectivity index is 2.28. The molecule has 0 saturated carbocycles. The molecular weight excluding hydrogens is 224 g/mol. The van der Waals surface area contributed by atoms with Gasteiger partial charge in [-0.3, -0.25) is 0 Å². The van der Waals surface area contributed by atoms with E-state index >= 15 is 0 Å². The van der Waals surface area contributed by atoms with Crippen molar-refractivity contribution in [3.8, 4) is 0 Å². The van der Waals surface area contributed by atoms with Crippen molar-refractivity contribution in [1.29, 1.82) is 0 Å². The molecule has 88 valence electrons. The molecule has 0 N–H and O–H groups in total. The van der Waals surface area contributed by atoms with Gasteiger partial charge in [0, 0.05) is 11.8 Å². The fourth-order valence-corrected chi connectivity index (χ4v) is 2.84. The standard InChI is InChI=1S/C16H18S/c1-3-15(13-8-4-5-9-13)16(12-17-2)14-10-6-7-11-14/h3-14H,1-2H3/b15-3+,16-12+. The Kier molecular flexibility index (Phi) is 4.27. The van der Waals surface area contributed by atoms with Gasteiger partial charge in [-0.1, -0.05) is 54.7 Å². The van der Waals surface area contributed by atoms with Crippen LogP contribution in [-0.4, -0.2) is 6.26 Å². The number of thioether (sulfide) groups is 1. The van der Waals surface area contributed by atoms with Crippen LogP contribution in [0.3, 0.4) is 0 Å². The van der Waals surface area contributed by atoms with E-state index in [1.54, 1.807) is 11.8 Å². The first-order valence-corrected chi connectivity index (χ1v) is 7.25. The van der Waals surface area contributed by atoms with Gasteiger partial charge in [-0.05, 0) is 29.7 Å². The highest BCUT2D eigenvalue weighted by Gasteiger charge is 2.19. The average Bonchev–Trinajstić information content (AvgIpc) is 3.02. The lowest BCUT2D eigenvalue weighted by atomic mass is 9.87. The van der Waals surface area contributed by atoms with Gasteiger partial charge >= 0.3 is 0 Å². The van der Waals surface area contributed by atoms with Gasteiger partial charge in [0.05, 0.1) is 0 Å². The van der Waals surface area contributed by atoms with E-state index < -0.39 is 0 Å². The quantitative estimate of drug-likeness (QED) is 0.646. The Bertz CT molecular complexity index is 420. The van der Waals surface area contributed by atoms with Crippen LogP contribution in [-0.2, 0) is 0 Å². The van der Waals surface area contributed by atoms with Crippen molar-refractivity contribution in [2.75, 3.05) is 6.26 Å². The number of hydrogen-bond donors (Lipinski definition) is 0. The van der Waals surface area contributed by atoms with Crippen LogP contribution in [0, 0.1) is 11.8 Å². The van der Waals surface area contributed by atoms with Crippen molar-refractivity contribution in [3.05, 3.63) is 71.2 Å². The summed E-state index contributed by atoms with van der Waals surface area (Å²) in [6.07, 6.45) is 21.9. The van der Waals surface area contributed by atoms with E-state index in [1.807, 2.05) is 0 Å². The molecule has 0 bridgehead atoms. The second-order valence-corrected chi connectivity index (χ2v) is 4.85. The molecule has 0 nitrogen and oxygen atoms in total. The lowest BCUT2D eigenvalue weighted by molar-refractivity contribution is 0.903. The fraction of sp³-hybridized carbons (Fsp3) is 0.250. The van der Waals surface area contributed by atoms with Crippen LogP contribution < -0.4 is 0 Å². The monoisotopic (exact) mass is 242 g/mol. The molecule has 0 radical (unpaired) electrons. The van der Waals surface area contributed by atoms with Crippen LogP contribution in [0.15, 0.2) is 71.2 Å². The molecule has 0 spiro atoms. The summed E-state index contributed by atoms with van der Waals surface area (Å²) in [6, 6.07) is 0. The van der Waals surface area contributed by atoms with Crippen LogP contribution >= 0.6 is 11.8 Å². The molecule has 0 unspecified atom stereocenters. The van der Waals surface area contributed by atoms with Gasteiger partial charge in [-0.15, -0.1) is 11.8 Å². The van der Waals surface area contributed by atoms with E-state index in [9.17, 15) is 0 Å². The molecule has 0 atom stereocenters. The summed E-state index contributed by atoms with van der Waals surface area (Å²) < 4.78 is 0. The highest BCUT2D eigenvalue weighted by Crippen LogP contribution is 2.34. The summed E-state index contributed by atoms with van der Waals surface area (Å²) in [4.78, 5) is 0. The summed E-state index contributed by atoms with van der Waals surface area (Å²) in [7, 11) is 0. The zero-order valence-corrected chi connectivity index (χ0v) is 11.2. The van der Waals surface area contributed by atoms with Gasteiger partial charge in [0.1, 0.15) is 0 Å². The van der Waals surface area contributed by atoms with E-state index in [4.69, 9.17) is 0 Å². The van der Waals surface area contributed by atoms with E-state index in [0.717, 1.165) is 0 Å². The molecule has 0 amide bonds. The summed E-state index contributed by atoms with van der Waals surface area (Å²) in [5.41, 5.74) is 2.84. The predicted octanol–water partition coefficient (Wildman–Crippen LogP) is 4.66. The molecule has 1 heteroatoms. The van der Waals surface area contributed by atoms with Crippen LogP contribution in [0.2, 0.25) is 0 Å². The summed E-state index contributed by atoms with van der Waals surface area (Å²) in [5.74, 6) is 0.886. The van der Waals surface area contributed by atoms with E-state index in [0.29, 0.717) is 11.8 Å². The summed E-state index contributed by atoms with van der Waals surface area (Å²) in [5, 5.41) is 2.28. The molecule has 0 saturated heterocycles. The number of hydrogen-bond acceptors (Lipinski definition) is 1. The van der Waals surface area contributed by atoms with Crippen LogP contribution in [0.1, 0.15) is 6.92 Å². The van der Waals surface area contributed by atoms with Crippen LogP contribution in [0.5, 0.6) is 0 Å². The minimum Gasteiger partial charge on any atom is -0.137 e. The van der Waals surface area contributed by atoms with Gasteiger partial charge in [0.25, 0.3) is 0 Å². The smallest absolute Gasteiger partial charge is 0.0212 e. The molecule has 0 aliphatic heterocycles. The summed E-state index contributed by atoms with van der Waals surface area (Å²) >= 11 is 1.78. The molecule has 0 aromatic rings. The minimum absolute atomic E-state index is 0.441. The van der Waals surface area contributed by atoms with Crippen molar-refractivity contribution >= 4 is 11.8 Å². The van der Waals surface area contributed by atoms with E-state index in [2.05, 4.69) is 73.3 Å². The first kappa shape index (κ1) is 12.3. The molecule has 2 aliphatic rings. The van der Waals surface area contributed by atoms with Gasteiger partial charge in [-0.2, -0.15) is 0 Å². The second-order valence-electron chi connectivity index (χ2n) is 4.14. The summed E-state index contributed by atoms with van der Waals surface area (Å²) in [6.45, 7) is 2.13. The molecule has 0 fully saturated rings. The minimum atomic E-state index is 0.441. The number of rotatable bonds is 4. The largest absolute Gasteiger partial charge is 0.137 e. The Morgan fingerprint density at radius 3 is 1.76 bits per heavy atom. The molecule has 0 aromatic carbocycles. The molecule has 0 heterocycles. The van der Waals surface area contributed by atoms with Crippen LogP contribution in [0.4, 0.5) is 0 Å². The molecule has 2 aliphatic carbocycles. The molecule has 0 aromatic heterocycles. The Hall–Kier alpha value is -1.21. The molecule has 2 rings (SSSR count). The van der Waals surface area contributed by atoms with Crippen molar-refractivity contribution < 1.29 is 0 Å². The van der Waals surface area contributed by atoms with Gasteiger partial charge in [0.2, 0.25) is 0 Å². The van der Waals surface area contributed by atoms with E-state index in [1.165, 1.54) is 11.1 Å². The average molecular weight is 242 g/mol.